The first kappa shape index (κ1) is 11.4. The molecule has 0 aliphatic rings. The van der Waals surface area contributed by atoms with Gasteiger partial charge in [-0.05, 0) is 54.5 Å². The van der Waals surface area contributed by atoms with E-state index in [4.69, 9.17) is 0 Å². The van der Waals surface area contributed by atoms with Crippen LogP contribution in [0.5, 0.6) is 0 Å². The van der Waals surface area contributed by atoms with E-state index in [1.165, 1.54) is 16.0 Å². The molecule has 0 aliphatic carbocycles. The van der Waals surface area contributed by atoms with Gasteiger partial charge < -0.3 is 5.11 Å². The quantitative estimate of drug-likeness (QED) is 0.836. The Morgan fingerprint density at radius 3 is 2.56 bits per heavy atom. The zero-order valence-electron chi connectivity index (χ0n) is 9.82. The third kappa shape index (κ3) is 2.04. The van der Waals surface area contributed by atoms with E-state index in [9.17, 15) is 5.11 Å². The molecule has 16 heavy (non-hydrogen) atoms. The molecule has 0 radical (unpaired) electrons. The molecular formula is C14H16OS. The molecule has 0 aliphatic heterocycles. The van der Waals surface area contributed by atoms with Crippen molar-refractivity contribution >= 4 is 11.3 Å². The number of hydrogen-bond donors (Lipinski definition) is 1. The van der Waals surface area contributed by atoms with Crippen molar-refractivity contribution in [1.29, 1.82) is 0 Å². The first-order chi connectivity index (χ1) is 7.59. The summed E-state index contributed by atoms with van der Waals surface area (Å²) >= 11 is 1.68. The Labute approximate surface area is 100 Å². The number of thiophene rings is 1. The summed E-state index contributed by atoms with van der Waals surface area (Å²) in [6.07, 6.45) is -0.496. The third-order valence-corrected chi connectivity index (χ3v) is 3.89. The fourth-order valence-corrected chi connectivity index (χ4v) is 2.58. The van der Waals surface area contributed by atoms with Crippen LogP contribution in [0, 0.1) is 20.8 Å². The van der Waals surface area contributed by atoms with Gasteiger partial charge in [-0.25, -0.2) is 0 Å². The molecule has 1 heterocycles. The lowest BCUT2D eigenvalue weighted by atomic mass is 9.96. The molecule has 0 bridgehead atoms. The standard InChI is InChI=1S/C14H16OS/c1-9-5-4-6-13(11(9)3)14(15)12-7-10(2)16-8-12/h4-8,14-15H,1-3H3. The van der Waals surface area contributed by atoms with E-state index in [1.807, 2.05) is 17.5 Å². The minimum atomic E-state index is -0.496. The molecule has 0 saturated carbocycles. The molecule has 84 valence electrons. The lowest BCUT2D eigenvalue weighted by molar-refractivity contribution is 0.220. The molecule has 0 spiro atoms. The second-order valence-corrected chi connectivity index (χ2v) is 5.30. The zero-order valence-corrected chi connectivity index (χ0v) is 10.6. The Kier molecular flexibility index (Phi) is 3.13. The van der Waals surface area contributed by atoms with Gasteiger partial charge in [-0.15, -0.1) is 11.3 Å². The molecule has 1 unspecified atom stereocenters. The smallest absolute Gasteiger partial charge is 0.105 e. The Bertz CT molecular complexity index is 499. The molecule has 2 heteroatoms. The van der Waals surface area contributed by atoms with Gasteiger partial charge in [0.1, 0.15) is 6.10 Å². The molecule has 0 saturated heterocycles. The van der Waals surface area contributed by atoms with Crippen molar-refractivity contribution in [2.24, 2.45) is 0 Å². The minimum absolute atomic E-state index is 0.496. The first-order valence-corrected chi connectivity index (χ1v) is 6.27. The van der Waals surface area contributed by atoms with Gasteiger partial charge in [-0.2, -0.15) is 0 Å². The van der Waals surface area contributed by atoms with E-state index in [0.717, 1.165) is 11.1 Å². The fourth-order valence-electron chi connectivity index (χ4n) is 1.86. The monoisotopic (exact) mass is 232 g/mol. The van der Waals surface area contributed by atoms with Crippen LogP contribution in [0.3, 0.4) is 0 Å². The SMILES string of the molecule is Cc1cc(C(O)c2cccc(C)c2C)cs1. The summed E-state index contributed by atoms with van der Waals surface area (Å²) in [5.41, 5.74) is 4.41. The fraction of sp³-hybridized carbons (Fsp3) is 0.286. The highest BCUT2D eigenvalue weighted by Crippen LogP contribution is 2.29. The normalized spacial score (nSPS) is 12.8. The van der Waals surface area contributed by atoms with Crippen LogP contribution < -0.4 is 0 Å². The number of hydrogen-bond acceptors (Lipinski definition) is 2. The third-order valence-electron chi connectivity index (χ3n) is 3.01. The van der Waals surface area contributed by atoms with E-state index >= 15 is 0 Å². The molecule has 2 aromatic rings. The molecular weight excluding hydrogens is 216 g/mol. The van der Waals surface area contributed by atoms with Gasteiger partial charge >= 0.3 is 0 Å². The van der Waals surface area contributed by atoms with Crippen molar-refractivity contribution in [2.45, 2.75) is 26.9 Å². The second kappa shape index (κ2) is 4.40. The Hall–Kier alpha value is -1.12. The summed E-state index contributed by atoms with van der Waals surface area (Å²) in [7, 11) is 0. The number of rotatable bonds is 2. The molecule has 0 amide bonds. The number of benzene rings is 1. The van der Waals surface area contributed by atoms with Crippen molar-refractivity contribution in [1.82, 2.24) is 0 Å². The lowest BCUT2D eigenvalue weighted by Crippen LogP contribution is -2.01. The molecule has 0 fully saturated rings. The Balaban J connectivity index is 2.41. The van der Waals surface area contributed by atoms with Crippen molar-refractivity contribution in [3.63, 3.8) is 0 Å². The summed E-state index contributed by atoms with van der Waals surface area (Å²) < 4.78 is 0. The highest BCUT2D eigenvalue weighted by atomic mass is 32.1. The predicted octanol–water partition coefficient (Wildman–Crippen LogP) is 3.76. The largest absolute Gasteiger partial charge is 0.384 e. The maximum atomic E-state index is 10.3. The van der Waals surface area contributed by atoms with Crippen LogP contribution in [0.25, 0.3) is 0 Å². The van der Waals surface area contributed by atoms with Gasteiger partial charge in [0.25, 0.3) is 0 Å². The Morgan fingerprint density at radius 1 is 1.19 bits per heavy atom. The average molecular weight is 232 g/mol. The molecule has 2 rings (SSSR count). The van der Waals surface area contributed by atoms with Gasteiger partial charge in [0.2, 0.25) is 0 Å². The van der Waals surface area contributed by atoms with Crippen LogP contribution in [-0.4, -0.2) is 5.11 Å². The van der Waals surface area contributed by atoms with Crippen molar-refractivity contribution in [2.75, 3.05) is 0 Å². The van der Waals surface area contributed by atoms with Gasteiger partial charge in [-0.3, -0.25) is 0 Å². The summed E-state index contributed by atoms with van der Waals surface area (Å²) in [5, 5.41) is 12.3. The molecule has 1 aromatic carbocycles. The predicted molar refractivity (Wildman–Crippen MR) is 69.0 cm³/mol. The Morgan fingerprint density at radius 2 is 1.94 bits per heavy atom. The lowest BCUT2D eigenvalue weighted by Gasteiger charge is -2.14. The van der Waals surface area contributed by atoms with Crippen LogP contribution in [0.2, 0.25) is 0 Å². The average Bonchev–Trinajstić information content (AvgIpc) is 2.68. The molecule has 1 atom stereocenters. The zero-order chi connectivity index (χ0) is 11.7. The van der Waals surface area contributed by atoms with E-state index in [-0.39, 0.29) is 0 Å². The minimum Gasteiger partial charge on any atom is -0.384 e. The second-order valence-electron chi connectivity index (χ2n) is 4.18. The highest BCUT2D eigenvalue weighted by Gasteiger charge is 2.14. The number of aliphatic hydroxyl groups excluding tert-OH is 1. The van der Waals surface area contributed by atoms with Crippen molar-refractivity contribution < 1.29 is 5.11 Å². The van der Waals surface area contributed by atoms with E-state index < -0.39 is 6.10 Å². The number of aliphatic hydroxyl groups is 1. The number of aryl methyl sites for hydroxylation is 2. The molecule has 1 aromatic heterocycles. The van der Waals surface area contributed by atoms with Gasteiger partial charge in [-0.1, -0.05) is 18.2 Å². The van der Waals surface area contributed by atoms with E-state index in [1.54, 1.807) is 11.3 Å². The van der Waals surface area contributed by atoms with Gasteiger partial charge in [0, 0.05) is 4.88 Å². The molecule has 1 N–H and O–H groups in total. The van der Waals surface area contributed by atoms with Gasteiger partial charge in [0.15, 0.2) is 0 Å². The van der Waals surface area contributed by atoms with E-state index in [2.05, 4.69) is 32.9 Å². The van der Waals surface area contributed by atoms with Crippen LogP contribution in [0.1, 0.15) is 33.2 Å². The topological polar surface area (TPSA) is 20.2 Å². The van der Waals surface area contributed by atoms with Crippen molar-refractivity contribution in [3.8, 4) is 0 Å². The van der Waals surface area contributed by atoms with Crippen molar-refractivity contribution in [3.05, 3.63) is 56.8 Å². The summed E-state index contributed by atoms with van der Waals surface area (Å²) in [5.74, 6) is 0. The summed E-state index contributed by atoms with van der Waals surface area (Å²) in [6.45, 7) is 6.20. The summed E-state index contributed by atoms with van der Waals surface area (Å²) in [6, 6.07) is 8.13. The highest BCUT2D eigenvalue weighted by molar-refractivity contribution is 7.10. The van der Waals surface area contributed by atoms with E-state index in [0.29, 0.717) is 0 Å². The maximum absolute atomic E-state index is 10.3. The van der Waals surface area contributed by atoms with Crippen LogP contribution >= 0.6 is 11.3 Å². The summed E-state index contributed by atoms with van der Waals surface area (Å²) in [4.78, 5) is 1.24. The van der Waals surface area contributed by atoms with Crippen LogP contribution in [-0.2, 0) is 0 Å². The first-order valence-electron chi connectivity index (χ1n) is 5.39. The van der Waals surface area contributed by atoms with Crippen LogP contribution in [0.15, 0.2) is 29.6 Å². The van der Waals surface area contributed by atoms with Crippen LogP contribution in [0.4, 0.5) is 0 Å². The molecule has 1 nitrogen and oxygen atoms in total. The van der Waals surface area contributed by atoms with Gasteiger partial charge in [0.05, 0.1) is 0 Å². The maximum Gasteiger partial charge on any atom is 0.105 e.